The van der Waals surface area contributed by atoms with E-state index in [1.807, 2.05) is 36.5 Å². The molecule has 12 aromatic rings. The molecule has 0 saturated carbocycles. The minimum absolute atomic E-state index is 0. The quantitative estimate of drug-likeness (QED) is 0.123. The summed E-state index contributed by atoms with van der Waals surface area (Å²) in [4.78, 5) is 9.87. The summed E-state index contributed by atoms with van der Waals surface area (Å²) < 4.78 is 9.35. The van der Waals surface area contributed by atoms with Crippen molar-refractivity contribution < 1.29 is 24.5 Å². The maximum absolute atomic E-state index is 6.92. The zero-order valence-electron chi connectivity index (χ0n) is 40.1. The van der Waals surface area contributed by atoms with Gasteiger partial charge < -0.3 is 14.0 Å². The second-order valence-corrected chi connectivity index (χ2v) is 19.6. The van der Waals surface area contributed by atoms with Crippen molar-refractivity contribution in [2.75, 3.05) is 0 Å². The average Bonchev–Trinajstić information content (AvgIpc) is 3.94. The number of furan rings is 1. The van der Waals surface area contributed by atoms with Crippen LogP contribution in [-0.4, -0.2) is 14.5 Å². The first-order chi connectivity index (χ1) is 33.0. The van der Waals surface area contributed by atoms with Crippen LogP contribution in [0.25, 0.3) is 105 Å². The molecule has 0 aliphatic carbocycles. The maximum Gasteiger partial charge on any atom is 0.121 e. The van der Waals surface area contributed by atoms with E-state index in [1.165, 1.54) is 65.8 Å². The fourth-order valence-electron chi connectivity index (χ4n) is 9.85. The molecule has 0 aliphatic rings. The van der Waals surface area contributed by atoms with Crippen LogP contribution in [-0.2, 0) is 25.5 Å². The molecule has 5 heteroatoms. The summed E-state index contributed by atoms with van der Waals surface area (Å²) in [5.41, 5.74) is 14.3. The first-order valence-corrected chi connectivity index (χ1v) is 23.8. The van der Waals surface area contributed by atoms with Crippen LogP contribution in [0.4, 0.5) is 0 Å². The van der Waals surface area contributed by atoms with Crippen LogP contribution < -0.4 is 0 Å². The van der Waals surface area contributed by atoms with E-state index in [0.29, 0.717) is 0 Å². The molecule has 1 radical (unpaired) electrons. The molecule has 0 unspecified atom stereocenters. The fraction of sp³-hybridized carbons (Fsp3) is 0.156. The van der Waals surface area contributed by atoms with Crippen molar-refractivity contribution >= 4 is 65.3 Å². The molecule has 0 bridgehead atoms. The van der Waals surface area contributed by atoms with Crippen molar-refractivity contribution in [3.05, 3.63) is 211 Å². The predicted octanol–water partition coefficient (Wildman–Crippen LogP) is 17.6. The van der Waals surface area contributed by atoms with Crippen LogP contribution in [0.2, 0.25) is 0 Å². The smallest absolute Gasteiger partial charge is 0.121 e. The van der Waals surface area contributed by atoms with E-state index in [4.69, 9.17) is 9.40 Å². The molecule has 341 valence electrons. The minimum atomic E-state index is 0. The van der Waals surface area contributed by atoms with Gasteiger partial charge in [0.25, 0.3) is 0 Å². The third kappa shape index (κ3) is 8.35. The van der Waals surface area contributed by atoms with Crippen molar-refractivity contribution in [3.8, 4) is 39.5 Å². The molecule has 3 heterocycles. The Hall–Kier alpha value is -7.17. The van der Waals surface area contributed by atoms with Gasteiger partial charge in [-0.2, -0.15) is 0 Å². The second-order valence-electron chi connectivity index (χ2n) is 19.6. The number of pyridine rings is 1. The van der Waals surface area contributed by atoms with Crippen molar-refractivity contribution in [3.63, 3.8) is 0 Å². The molecule has 0 saturated heterocycles. The van der Waals surface area contributed by atoms with E-state index >= 15 is 0 Å². The molecule has 12 rings (SSSR count). The Balaban J connectivity index is 0.000000277. The van der Waals surface area contributed by atoms with Gasteiger partial charge in [-0.3, -0.25) is 4.98 Å². The van der Waals surface area contributed by atoms with Crippen LogP contribution in [0.1, 0.15) is 77.0 Å². The van der Waals surface area contributed by atoms with Gasteiger partial charge in [-0.05, 0) is 114 Å². The monoisotopic (exact) mass is 1070 g/mol. The molecule has 9 aromatic carbocycles. The zero-order chi connectivity index (χ0) is 46.7. The normalized spacial score (nSPS) is 11.8. The van der Waals surface area contributed by atoms with E-state index in [-0.39, 0.29) is 37.4 Å². The summed E-state index contributed by atoms with van der Waals surface area (Å²) in [6.45, 7) is 15.8. The van der Waals surface area contributed by atoms with E-state index < -0.39 is 0 Å². The largest absolute Gasteiger partial charge is 0.501 e. The molecule has 3 aromatic heterocycles. The Labute approximate surface area is 418 Å². The van der Waals surface area contributed by atoms with Gasteiger partial charge in [0.05, 0.1) is 22.4 Å². The van der Waals surface area contributed by atoms with Gasteiger partial charge in [0.2, 0.25) is 0 Å². The van der Waals surface area contributed by atoms with Crippen molar-refractivity contribution in [1.82, 2.24) is 14.5 Å². The topological polar surface area (TPSA) is 43.9 Å². The fourth-order valence-corrected chi connectivity index (χ4v) is 9.85. The summed E-state index contributed by atoms with van der Waals surface area (Å²) in [6, 6.07) is 69.2. The number of hydrogen-bond donors (Lipinski definition) is 0. The van der Waals surface area contributed by atoms with Gasteiger partial charge in [0.15, 0.2) is 0 Å². The number of rotatable bonds is 6. The van der Waals surface area contributed by atoms with Crippen LogP contribution in [0.3, 0.4) is 0 Å². The van der Waals surface area contributed by atoms with Crippen molar-refractivity contribution in [1.29, 1.82) is 0 Å². The summed E-state index contributed by atoms with van der Waals surface area (Å²) in [5.74, 6) is 1.34. The average molecular weight is 1070 g/mol. The minimum Gasteiger partial charge on any atom is -0.501 e. The van der Waals surface area contributed by atoms with Gasteiger partial charge in [-0.15, -0.1) is 54.1 Å². The number of imidazole rings is 1. The van der Waals surface area contributed by atoms with Crippen LogP contribution in [0, 0.1) is 12.1 Å². The third-order valence-electron chi connectivity index (χ3n) is 13.4. The Kier molecular flexibility index (Phi) is 12.2. The van der Waals surface area contributed by atoms with Crippen molar-refractivity contribution in [2.24, 2.45) is 0 Å². The third-order valence-corrected chi connectivity index (χ3v) is 13.4. The molecular weight excluding hydrogens is 1020 g/mol. The molecular formula is C64H53IrN3O-2. The molecule has 0 atom stereocenters. The van der Waals surface area contributed by atoms with Crippen LogP contribution in [0.5, 0.6) is 0 Å². The molecule has 0 spiro atoms. The van der Waals surface area contributed by atoms with Crippen LogP contribution in [0.15, 0.2) is 187 Å². The molecule has 0 aliphatic heterocycles. The molecule has 0 amide bonds. The second kappa shape index (κ2) is 18.4. The summed E-state index contributed by atoms with van der Waals surface area (Å²) in [7, 11) is 0. The molecule has 69 heavy (non-hydrogen) atoms. The van der Waals surface area contributed by atoms with E-state index in [2.05, 4.69) is 216 Å². The first-order valence-electron chi connectivity index (χ1n) is 23.8. The van der Waals surface area contributed by atoms with Gasteiger partial charge in [-0.1, -0.05) is 163 Å². The standard InChI is InChI=1S/C49H37N2O.C15H16N.Ir/c1-29(2)40-26-35(31-13-6-5-7-14-31)27-41(30(3)4)46(40)51-47-37-18-11-9-16-33(37)23-24-44(47)50-49(51)39-20-12-19-38-43-25-34-22-21-32-15-8-10-17-36(32)42(34)28-45(43)52-48(38)39;1-15(2,3)13-9-10-16-14(11-13)12-7-5-4-6-8-12;/h5-19,21-30H,1-4H3;4-7,9-11H,1-3H3;/q2*-1;. The number of fused-ring (bicyclic) bond motifs is 9. The van der Waals surface area contributed by atoms with Gasteiger partial charge in [0, 0.05) is 42.8 Å². The van der Waals surface area contributed by atoms with Gasteiger partial charge in [-0.25, -0.2) is 0 Å². The SMILES string of the molecule is CC(C)(C)c1ccnc(-c2[c-]cccc2)c1.CC(C)c1cc(-c2ccccc2)cc(C(C)C)c1-n1c(-c2[c-]ccc3c2oc2cc4c(ccc5ccccc54)cc23)nc2ccc3ccccc3c21.[Ir]. The zero-order valence-corrected chi connectivity index (χ0v) is 42.5. The first kappa shape index (κ1) is 45.6. The number of benzene rings is 9. The van der Waals surface area contributed by atoms with E-state index in [0.717, 1.165) is 55.6 Å². The summed E-state index contributed by atoms with van der Waals surface area (Å²) in [5, 5.41) is 9.36. The van der Waals surface area contributed by atoms with Gasteiger partial charge >= 0.3 is 0 Å². The Morgan fingerprint density at radius 1 is 0.551 bits per heavy atom. The molecule has 4 nitrogen and oxygen atoms in total. The number of nitrogens with zero attached hydrogens (tertiary/aromatic N) is 3. The van der Waals surface area contributed by atoms with Crippen LogP contribution >= 0.6 is 0 Å². The maximum atomic E-state index is 6.92. The van der Waals surface area contributed by atoms with Crippen molar-refractivity contribution in [2.45, 2.75) is 65.7 Å². The van der Waals surface area contributed by atoms with Gasteiger partial charge in [0.1, 0.15) is 5.58 Å². The Morgan fingerprint density at radius 2 is 1.22 bits per heavy atom. The molecule has 0 N–H and O–H groups in total. The predicted molar refractivity (Wildman–Crippen MR) is 286 cm³/mol. The van der Waals surface area contributed by atoms with E-state index in [9.17, 15) is 0 Å². The Morgan fingerprint density at radius 3 is 1.93 bits per heavy atom. The molecule has 0 fully saturated rings. The summed E-state index contributed by atoms with van der Waals surface area (Å²) >= 11 is 0. The number of hydrogen-bond acceptors (Lipinski definition) is 3. The number of aromatic nitrogens is 3. The summed E-state index contributed by atoms with van der Waals surface area (Å²) in [6.07, 6.45) is 1.87. The van der Waals surface area contributed by atoms with E-state index in [1.54, 1.807) is 0 Å². The Bertz CT molecular complexity index is 3810.